The lowest BCUT2D eigenvalue weighted by molar-refractivity contribution is 0.175. The standard InChI is InChI=1S/C14H16ClNOS/c1-10-6-11(2-3-13(10)15)7-16-8-14(17)12-4-5-18-9-12/h2-6,9,14,16-17H,7-8H2,1H3. The quantitative estimate of drug-likeness (QED) is 0.879. The number of aliphatic hydroxyl groups is 1. The van der Waals surface area contributed by atoms with Crippen LogP contribution >= 0.6 is 22.9 Å². The highest BCUT2D eigenvalue weighted by Crippen LogP contribution is 2.17. The Morgan fingerprint density at radius 2 is 2.22 bits per heavy atom. The summed E-state index contributed by atoms with van der Waals surface area (Å²) in [5.74, 6) is 0. The van der Waals surface area contributed by atoms with Gasteiger partial charge in [0.2, 0.25) is 0 Å². The first-order chi connectivity index (χ1) is 8.66. The normalized spacial score (nSPS) is 12.6. The fourth-order valence-corrected chi connectivity index (χ4v) is 2.58. The molecule has 0 aliphatic carbocycles. The van der Waals surface area contributed by atoms with Gasteiger partial charge in [0.25, 0.3) is 0 Å². The van der Waals surface area contributed by atoms with Crippen molar-refractivity contribution in [3.05, 3.63) is 56.7 Å². The van der Waals surface area contributed by atoms with Gasteiger partial charge in [-0.05, 0) is 46.5 Å². The van der Waals surface area contributed by atoms with Crippen molar-refractivity contribution >= 4 is 22.9 Å². The lowest BCUT2D eigenvalue weighted by Gasteiger charge is -2.11. The summed E-state index contributed by atoms with van der Waals surface area (Å²) in [7, 11) is 0. The number of thiophene rings is 1. The summed E-state index contributed by atoms with van der Waals surface area (Å²) in [4.78, 5) is 0. The van der Waals surface area contributed by atoms with Gasteiger partial charge in [0.15, 0.2) is 0 Å². The number of nitrogens with one attached hydrogen (secondary N) is 1. The van der Waals surface area contributed by atoms with Gasteiger partial charge in [-0.2, -0.15) is 11.3 Å². The van der Waals surface area contributed by atoms with Crippen molar-refractivity contribution in [2.24, 2.45) is 0 Å². The maximum atomic E-state index is 9.91. The molecule has 0 bridgehead atoms. The van der Waals surface area contributed by atoms with E-state index in [0.717, 1.165) is 22.7 Å². The smallest absolute Gasteiger partial charge is 0.0922 e. The number of aliphatic hydroxyl groups excluding tert-OH is 1. The zero-order valence-corrected chi connectivity index (χ0v) is 11.8. The van der Waals surface area contributed by atoms with E-state index in [1.165, 1.54) is 5.56 Å². The Morgan fingerprint density at radius 3 is 2.89 bits per heavy atom. The lowest BCUT2D eigenvalue weighted by atomic mass is 10.1. The van der Waals surface area contributed by atoms with E-state index in [-0.39, 0.29) is 0 Å². The van der Waals surface area contributed by atoms with Crippen molar-refractivity contribution in [2.45, 2.75) is 19.6 Å². The Bertz CT molecular complexity index is 499. The predicted octanol–water partition coefficient (Wildman–Crippen LogP) is 3.53. The highest BCUT2D eigenvalue weighted by molar-refractivity contribution is 7.07. The zero-order valence-electron chi connectivity index (χ0n) is 10.2. The molecule has 1 aromatic carbocycles. The topological polar surface area (TPSA) is 32.3 Å². The molecular weight excluding hydrogens is 266 g/mol. The number of hydrogen-bond donors (Lipinski definition) is 2. The Morgan fingerprint density at radius 1 is 1.39 bits per heavy atom. The minimum atomic E-state index is -0.440. The molecule has 0 saturated heterocycles. The molecule has 4 heteroatoms. The van der Waals surface area contributed by atoms with E-state index < -0.39 is 6.10 Å². The molecule has 0 spiro atoms. The fraction of sp³-hybridized carbons (Fsp3) is 0.286. The second-order valence-electron chi connectivity index (χ2n) is 4.29. The number of rotatable bonds is 5. The molecule has 1 unspecified atom stereocenters. The van der Waals surface area contributed by atoms with Crippen molar-refractivity contribution < 1.29 is 5.11 Å². The van der Waals surface area contributed by atoms with E-state index in [0.29, 0.717) is 6.54 Å². The molecule has 2 rings (SSSR count). The van der Waals surface area contributed by atoms with Crippen molar-refractivity contribution in [1.29, 1.82) is 0 Å². The van der Waals surface area contributed by atoms with Gasteiger partial charge in [-0.15, -0.1) is 0 Å². The van der Waals surface area contributed by atoms with Crippen molar-refractivity contribution in [2.75, 3.05) is 6.54 Å². The molecule has 2 aromatic rings. The third-order valence-electron chi connectivity index (χ3n) is 2.82. The van der Waals surface area contributed by atoms with Crippen LogP contribution in [-0.4, -0.2) is 11.7 Å². The average Bonchev–Trinajstić information content (AvgIpc) is 2.87. The van der Waals surface area contributed by atoms with E-state index >= 15 is 0 Å². The molecule has 0 radical (unpaired) electrons. The molecule has 0 fully saturated rings. The van der Waals surface area contributed by atoms with Gasteiger partial charge in [0, 0.05) is 18.1 Å². The van der Waals surface area contributed by atoms with Crippen LogP contribution in [0.4, 0.5) is 0 Å². The van der Waals surface area contributed by atoms with Crippen LogP contribution in [0.2, 0.25) is 5.02 Å². The van der Waals surface area contributed by atoms with Crippen molar-refractivity contribution in [3.8, 4) is 0 Å². The Hall–Kier alpha value is -0.870. The Balaban J connectivity index is 1.83. The molecule has 2 N–H and O–H groups in total. The second kappa shape index (κ2) is 6.34. The molecule has 1 atom stereocenters. The van der Waals surface area contributed by atoms with Crippen LogP contribution in [0.1, 0.15) is 22.8 Å². The summed E-state index contributed by atoms with van der Waals surface area (Å²) in [6.45, 7) is 3.28. The monoisotopic (exact) mass is 281 g/mol. The maximum Gasteiger partial charge on any atom is 0.0922 e. The molecule has 0 saturated carbocycles. The first-order valence-electron chi connectivity index (χ1n) is 5.82. The van der Waals surface area contributed by atoms with Crippen LogP contribution in [0.25, 0.3) is 0 Å². The highest BCUT2D eigenvalue weighted by atomic mass is 35.5. The first kappa shape index (κ1) is 13.6. The minimum absolute atomic E-state index is 0.440. The number of aryl methyl sites for hydroxylation is 1. The number of hydrogen-bond acceptors (Lipinski definition) is 3. The molecule has 2 nitrogen and oxygen atoms in total. The van der Waals surface area contributed by atoms with Gasteiger partial charge in [-0.25, -0.2) is 0 Å². The molecule has 18 heavy (non-hydrogen) atoms. The number of halogens is 1. The van der Waals surface area contributed by atoms with Crippen molar-refractivity contribution in [1.82, 2.24) is 5.32 Å². The Kier molecular flexibility index (Phi) is 4.78. The van der Waals surface area contributed by atoms with Crippen molar-refractivity contribution in [3.63, 3.8) is 0 Å². The van der Waals surface area contributed by atoms with Crippen LogP contribution in [0.5, 0.6) is 0 Å². The van der Waals surface area contributed by atoms with E-state index in [2.05, 4.69) is 11.4 Å². The van der Waals surface area contributed by atoms with Crippen LogP contribution in [0.15, 0.2) is 35.0 Å². The summed E-state index contributed by atoms with van der Waals surface area (Å²) in [6.07, 6.45) is -0.440. The highest BCUT2D eigenvalue weighted by Gasteiger charge is 2.07. The maximum absolute atomic E-state index is 9.91. The molecule has 0 amide bonds. The molecule has 96 valence electrons. The van der Waals surface area contributed by atoms with Gasteiger partial charge in [0.1, 0.15) is 0 Å². The number of benzene rings is 1. The Labute approximate surface area is 116 Å². The molecule has 1 aromatic heterocycles. The molecule has 0 aliphatic rings. The van der Waals surface area contributed by atoms with Crippen LogP contribution in [0.3, 0.4) is 0 Å². The summed E-state index contributed by atoms with van der Waals surface area (Å²) >= 11 is 7.57. The zero-order chi connectivity index (χ0) is 13.0. The summed E-state index contributed by atoms with van der Waals surface area (Å²) in [5, 5.41) is 17.9. The summed E-state index contributed by atoms with van der Waals surface area (Å²) < 4.78 is 0. The largest absolute Gasteiger partial charge is 0.387 e. The summed E-state index contributed by atoms with van der Waals surface area (Å²) in [5.41, 5.74) is 3.23. The van der Waals surface area contributed by atoms with Gasteiger partial charge in [-0.3, -0.25) is 0 Å². The van der Waals surface area contributed by atoms with Gasteiger partial charge < -0.3 is 10.4 Å². The molecule has 0 aliphatic heterocycles. The van der Waals surface area contributed by atoms with Crippen LogP contribution in [-0.2, 0) is 6.54 Å². The third-order valence-corrected chi connectivity index (χ3v) is 3.94. The van der Waals surface area contributed by atoms with Crippen LogP contribution in [0, 0.1) is 6.92 Å². The van der Waals surface area contributed by atoms with E-state index in [1.807, 2.05) is 35.9 Å². The van der Waals surface area contributed by atoms with E-state index in [9.17, 15) is 5.11 Å². The predicted molar refractivity (Wildman–Crippen MR) is 77.2 cm³/mol. The first-order valence-corrected chi connectivity index (χ1v) is 7.15. The minimum Gasteiger partial charge on any atom is -0.387 e. The SMILES string of the molecule is Cc1cc(CNCC(O)c2ccsc2)ccc1Cl. The molecule has 1 heterocycles. The van der Waals surface area contributed by atoms with E-state index in [4.69, 9.17) is 11.6 Å². The van der Waals surface area contributed by atoms with E-state index in [1.54, 1.807) is 11.3 Å². The lowest BCUT2D eigenvalue weighted by Crippen LogP contribution is -2.20. The molecular formula is C14H16ClNOS. The average molecular weight is 282 g/mol. The fourth-order valence-electron chi connectivity index (χ4n) is 1.75. The van der Waals surface area contributed by atoms with Gasteiger partial charge in [-0.1, -0.05) is 23.7 Å². The van der Waals surface area contributed by atoms with Gasteiger partial charge >= 0.3 is 0 Å². The third kappa shape index (κ3) is 3.56. The van der Waals surface area contributed by atoms with Gasteiger partial charge in [0.05, 0.1) is 6.10 Å². The summed E-state index contributed by atoms with van der Waals surface area (Å²) in [6, 6.07) is 7.91. The second-order valence-corrected chi connectivity index (χ2v) is 5.47. The van der Waals surface area contributed by atoms with Crippen LogP contribution < -0.4 is 5.32 Å².